The minimum atomic E-state index is 0.178. The van der Waals surface area contributed by atoms with E-state index >= 15 is 0 Å². The van der Waals surface area contributed by atoms with E-state index < -0.39 is 0 Å². The molecular formula is C23H35NO2. The van der Waals surface area contributed by atoms with Gasteiger partial charge >= 0.3 is 0 Å². The molecule has 1 amide bonds. The smallest absolute Gasteiger partial charge is 0.248 e. The van der Waals surface area contributed by atoms with Gasteiger partial charge in [-0.05, 0) is 54.9 Å². The second-order valence-electron chi connectivity index (χ2n) is 8.74. The number of nitrogens with zero attached hydrogens (tertiary/aromatic N) is 1. The summed E-state index contributed by atoms with van der Waals surface area (Å²) in [4.78, 5) is 14.7. The minimum Gasteiger partial charge on any atom is -0.368 e. The molecule has 1 aromatic rings. The fourth-order valence-corrected chi connectivity index (χ4v) is 4.76. The predicted octanol–water partition coefficient (Wildman–Crippen LogP) is 4.87. The minimum absolute atomic E-state index is 0.178. The highest BCUT2D eigenvalue weighted by atomic mass is 16.5. The number of ether oxygens (including phenoxy) is 1. The van der Waals surface area contributed by atoms with Gasteiger partial charge in [0.25, 0.3) is 0 Å². The van der Waals surface area contributed by atoms with Crippen LogP contribution in [-0.4, -0.2) is 36.6 Å². The lowest BCUT2D eigenvalue weighted by Crippen LogP contribution is -2.42. The molecule has 26 heavy (non-hydrogen) atoms. The molecule has 3 nitrogen and oxygen atoms in total. The first-order valence-corrected chi connectivity index (χ1v) is 10.5. The topological polar surface area (TPSA) is 29.5 Å². The first-order valence-electron chi connectivity index (χ1n) is 10.5. The van der Waals surface area contributed by atoms with Gasteiger partial charge in [-0.25, -0.2) is 0 Å². The van der Waals surface area contributed by atoms with E-state index in [1.807, 2.05) is 4.90 Å². The zero-order chi connectivity index (χ0) is 18.5. The molecule has 0 unspecified atom stereocenters. The number of carbonyl (C=O) groups is 1. The van der Waals surface area contributed by atoms with Gasteiger partial charge in [-0.3, -0.25) is 4.79 Å². The number of piperidine rings is 1. The van der Waals surface area contributed by atoms with Gasteiger partial charge in [0.05, 0.1) is 6.10 Å². The Bertz CT molecular complexity index is 563. The summed E-state index contributed by atoms with van der Waals surface area (Å²) in [5.74, 6) is 2.71. The van der Waals surface area contributed by atoms with Crippen LogP contribution in [0.3, 0.4) is 0 Å². The van der Waals surface area contributed by atoms with E-state index in [2.05, 4.69) is 51.1 Å². The average molecular weight is 358 g/mol. The third kappa shape index (κ3) is 4.88. The lowest BCUT2D eigenvalue weighted by molar-refractivity contribution is -0.142. The fourth-order valence-electron chi connectivity index (χ4n) is 4.76. The monoisotopic (exact) mass is 357 g/mol. The van der Waals surface area contributed by atoms with E-state index in [1.165, 1.54) is 18.4 Å². The van der Waals surface area contributed by atoms with Crippen LogP contribution in [0.1, 0.15) is 64.4 Å². The van der Waals surface area contributed by atoms with Crippen LogP contribution < -0.4 is 0 Å². The lowest BCUT2D eigenvalue weighted by Gasteiger charge is -2.38. The van der Waals surface area contributed by atoms with Gasteiger partial charge in [0, 0.05) is 13.1 Å². The van der Waals surface area contributed by atoms with Crippen LogP contribution in [0.4, 0.5) is 0 Å². The van der Waals surface area contributed by atoms with Crippen molar-refractivity contribution < 1.29 is 9.53 Å². The molecule has 1 aliphatic carbocycles. The molecule has 1 saturated carbocycles. The molecule has 3 rings (SSSR count). The Morgan fingerprint density at radius 2 is 1.81 bits per heavy atom. The predicted molar refractivity (Wildman–Crippen MR) is 106 cm³/mol. The van der Waals surface area contributed by atoms with Crippen LogP contribution in [-0.2, 0) is 9.53 Å². The molecule has 0 bridgehead atoms. The maximum atomic E-state index is 12.6. The summed E-state index contributed by atoms with van der Waals surface area (Å²) in [5.41, 5.74) is 1.41. The van der Waals surface area contributed by atoms with Crippen molar-refractivity contribution in [3.05, 3.63) is 35.9 Å². The van der Waals surface area contributed by atoms with E-state index in [-0.39, 0.29) is 18.6 Å². The molecule has 0 spiro atoms. The highest BCUT2D eigenvalue weighted by molar-refractivity contribution is 5.77. The van der Waals surface area contributed by atoms with Crippen LogP contribution in [0.15, 0.2) is 30.3 Å². The summed E-state index contributed by atoms with van der Waals surface area (Å²) in [7, 11) is 0. The number of hydrogen-bond acceptors (Lipinski definition) is 2. The van der Waals surface area contributed by atoms with Crippen molar-refractivity contribution in [2.75, 3.05) is 19.7 Å². The van der Waals surface area contributed by atoms with Gasteiger partial charge in [0.1, 0.15) is 6.61 Å². The molecule has 3 atom stereocenters. The molecule has 1 aromatic carbocycles. The van der Waals surface area contributed by atoms with E-state index in [9.17, 15) is 4.79 Å². The number of hydrogen-bond donors (Lipinski definition) is 0. The van der Waals surface area contributed by atoms with Gasteiger partial charge in [0.2, 0.25) is 5.91 Å². The van der Waals surface area contributed by atoms with Crippen molar-refractivity contribution in [1.29, 1.82) is 0 Å². The van der Waals surface area contributed by atoms with E-state index in [0.717, 1.165) is 32.4 Å². The highest BCUT2D eigenvalue weighted by Crippen LogP contribution is 2.35. The molecule has 0 N–H and O–H groups in total. The molecule has 2 aliphatic rings. The van der Waals surface area contributed by atoms with E-state index in [0.29, 0.717) is 23.7 Å². The molecule has 3 heteroatoms. The maximum Gasteiger partial charge on any atom is 0.248 e. The largest absolute Gasteiger partial charge is 0.368 e. The van der Waals surface area contributed by atoms with Crippen molar-refractivity contribution in [2.24, 2.45) is 17.8 Å². The van der Waals surface area contributed by atoms with Crippen molar-refractivity contribution in [2.45, 2.75) is 64.9 Å². The zero-order valence-electron chi connectivity index (χ0n) is 16.7. The summed E-state index contributed by atoms with van der Waals surface area (Å²) in [6, 6.07) is 10.7. The molecule has 144 valence electrons. The molecule has 0 aromatic heterocycles. The number of rotatable bonds is 5. The Morgan fingerprint density at radius 3 is 2.46 bits per heavy atom. The molecule has 2 fully saturated rings. The average Bonchev–Trinajstić information content (AvgIpc) is 2.66. The lowest BCUT2D eigenvalue weighted by atomic mass is 9.75. The quantitative estimate of drug-likeness (QED) is 0.752. The van der Waals surface area contributed by atoms with Crippen molar-refractivity contribution in [1.82, 2.24) is 4.90 Å². The normalized spacial score (nSPS) is 27.7. The first-order chi connectivity index (χ1) is 12.5. The second-order valence-corrected chi connectivity index (χ2v) is 8.74. The van der Waals surface area contributed by atoms with Crippen LogP contribution in [0.2, 0.25) is 0 Å². The molecule has 1 heterocycles. The second kappa shape index (κ2) is 9.03. The third-order valence-corrected chi connectivity index (χ3v) is 6.50. The van der Waals surface area contributed by atoms with Gasteiger partial charge in [-0.15, -0.1) is 0 Å². The van der Waals surface area contributed by atoms with Crippen molar-refractivity contribution in [3.63, 3.8) is 0 Å². The Labute approximate surface area is 159 Å². The fraction of sp³-hybridized carbons (Fsp3) is 0.696. The number of likely N-dealkylation sites (tertiary alicyclic amines) is 1. The van der Waals surface area contributed by atoms with E-state index in [4.69, 9.17) is 4.74 Å². The Balaban J connectivity index is 1.47. The summed E-state index contributed by atoms with van der Waals surface area (Å²) in [6.45, 7) is 8.85. The molecule has 1 aliphatic heterocycles. The van der Waals surface area contributed by atoms with Gasteiger partial charge in [-0.1, -0.05) is 57.5 Å². The summed E-state index contributed by atoms with van der Waals surface area (Å²) in [5, 5.41) is 0. The maximum absolute atomic E-state index is 12.6. The van der Waals surface area contributed by atoms with Crippen LogP contribution in [0.25, 0.3) is 0 Å². The SMILES string of the molecule is CC(C)[C@H]1CC[C@H](C)C[C@@H]1OCC(=O)N1CCC(c2ccccc2)CC1. The summed E-state index contributed by atoms with van der Waals surface area (Å²) < 4.78 is 6.16. The van der Waals surface area contributed by atoms with Crippen LogP contribution >= 0.6 is 0 Å². The van der Waals surface area contributed by atoms with Crippen LogP contribution in [0, 0.1) is 17.8 Å². The molecule has 0 radical (unpaired) electrons. The zero-order valence-corrected chi connectivity index (χ0v) is 16.7. The standard InChI is InChI=1S/C23H35NO2/c1-17(2)21-10-9-18(3)15-22(21)26-16-23(25)24-13-11-20(12-14-24)19-7-5-4-6-8-19/h4-8,17-18,20-22H,9-16H2,1-3H3/t18-,21+,22-/m0/s1. The Morgan fingerprint density at radius 1 is 1.12 bits per heavy atom. The van der Waals surface area contributed by atoms with Crippen molar-refractivity contribution >= 4 is 5.91 Å². The number of carbonyl (C=O) groups excluding carboxylic acids is 1. The molecular weight excluding hydrogens is 322 g/mol. The first kappa shape index (κ1) is 19.4. The van der Waals surface area contributed by atoms with Crippen molar-refractivity contribution in [3.8, 4) is 0 Å². The third-order valence-electron chi connectivity index (χ3n) is 6.50. The van der Waals surface area contributed by atoms with E-state index in [1.54, 1.807) is 0 Å². The van der Waals surface area contributed by atoms with Gasteiger partial charge in [0.15, 0.2) is 0 Å². The van der Waals surface area contributed by atoms with Gasteiger partial charge < -0.3 is 9.64 Å². The highest BCUT2D eigenvalue weighted by Gasteiger charge is 2.32. The van der Waals surface area contributed by atoms with Gasteiger partial charge in [-0.2, -0.15) is 0 Å². The Hall–Kier alpha value is -1.35. The molecule has 1 saturated heterocycles. The Kier molecular flexibility index (Phi) is 6.74. The summed E-state index contributed by atoms with van der Waals surface area (Å²) in [6.07, 6.45) is 6.01. The number of amides is 1. The number of benzene rings is 1. The summed E-state index contributed by atoms with van der Waals surface area (Å²) >= 11 is 0. The van der Waals surface area contributed by atoms with Crippen LogP contribution in [0.5, 0.6) is 0 Å².